The van der Waals surface area contributed by atoms with Crippen LogP contribution in [0.25, 0.3) is 0 Å². The average Bonchev–Trinajstić information content (AvgIpc) is 2.38. The summed E-state index contributed by atoms with van der Waals surface area (Å²) in [5, 5.41) is 16.2. The molecule has 8 heteroatoms. The maximum atomic E-state index is 12.7. The zero-order valence-electron chi connectivity index (χ0n) is 9.89. The van der Waals surface area contributed by atoms with Gasteiger partial charge in [0.15, 0.2) is 5.82 Å². The Kier molecular flexibility index (Phi) is 3.59. The molecular weight excluding hydrogens is 263 g/mol. The molecule has 1 aliphatic heterocycles. The van der Waals surface area contributed by atoms with Crippen LogP contribution in [0.15, 0.2) is 12.3 Å². The zero-order valence-corrected chi connectivity index (χ0v) is 9.89. The molecule has 0 radical (unpaired) electrons. The Morgan fingerprint density at radius 1 is 1.47 bits per heavy atom. The molecule has 1 aromatic heterocycles. The fourth-order valence-corrected chi connectivity index (χ4v) is 2.16. The Morgan fingerprint density at radius 3 is 2.84 bits per heavy atom. The van der Waals surface area contributed by atoms with Gasteiger partial charge in [-0.2, -0.15) is 18.3 Å². The molecule has 2 heterocycles. The van der Waals surface area contributed by atoms with E-state index in [1.807, 2.05) is 0 Å². The minimum absolute atomic E-state index is 0.00366. The summed E-state index contributed by atoms with van der Waals surface area (Å²) in [5.74, 6) is -2.67. The van der Waals surface area contributed by atoms with Crippen LogP contribution < -0.4 is 4.90 Å². The number of anilines is 1. The number of nitrogens with zero attached hydrogens (tertiary/aromatic N) is 3. The highest BCUT2D eigenvalue weighted by molar-refractivity contribution is 5.93. The van der Waals surface area contributed by atoms with Gasteiger partial charge in [-0.1, -0.05) is 0 Å². The molecule has 2 rings (SSSR count). The first-order valence-corrected chi connectivity index (χ1v) is 5.76. The maximum absolute atomic E-state index is 12.7. The van der Waals surface area contributed by atoms with Gasteiger partial charge in [0.25, 0.3) is 0 Å². The lowest BCUT2D eigenvalue weighted by Crippen LogP contribution is -2.42. The summed E-state index contributed by atoms with van der Waals surface area (Å²) in [7, 11) is 0. The summed E-state index contributed by atoms with van der Waals surface area (Å²) < 4.78 is 38.1. The molecule has 19 heavy (non-hydrogen) atoms. The number of hydrogen-bond acceptors (Lipinski definition) is 4. The molecule has 1 aliphatic rings. The van der Waals surface area contributed by atoms with Crippen LogP contribution in [0.3, 0.4) is 0 Å². The largest absolute Gasteiger partial charge is 0.478 e. The van der Waals surface area contributed by atoms with E-state index >= 15 is 0 Å². The van der Waals surface area contributed by atoms with E-state index in [1.54, 1.807) is 0 Å². The third kappa shape index (κ3) is 2.94. The first-order valence-electron chi connectivity index (χ1n) is 5.76. The number of rotatable bonds is 2. The summed E-state index contributed by atoms with van der Waals surface area (Å²) in [4.78, 5) is 12.4. The van der Waals surface area contributed by atoms with Crippen LogP contribution >= 0.6 is 0 Å². The molecule has 1 saturated heterocycles. The molecule has 0 saturated carbocycles. The third-order valence-corrected chi connectivity index (χ3v) is 3.12. The van der Waals surface area contributed by atoms with Crippen LogP contribution in [0.5, 0.6) is 0 Å². The van der Waals surface area contributed by atoms with Gasteiger partial charge in [0.1, 0.15) is 5.56 Å². The van der Waals surface area contributed by atoms with Gasteiger partial charge in [0.05, 0.1) is 12.1 Å². The molecule has 5 nitrogen and oxygen atoms in total. The lowest BCUT2D eigenvalue weighted by atomic mass is 9.97. The Labute approximate surface area is 107 Å². The summed E-state index contributed by atoms with van der Waals surface area (Å²) in [6.07, 6.45) is -2.66. The topological polar surface area (TPSA) is 66.3 Å². The number of aromatic carboxylic acids is 1. The molecular formula is C11H12F3N3O2. The summed E-state index contributed by atoms with van der Waals surface area (Å²) >= 11 is 0. The predicted octanol–water partition coefficient (Wildman–Crippen LogP) is 1.95. The second kappa shape index (κ2) is 5.02. The highest BCUT2D eigenvalue weighted by Crippen LogP contribution is 2.34. The zero-order chi connectivity index (χ0) is 14.0. The van der Waals surface area contributed by atoms with E-state index in [9.17, 15) is 18.0 Å². The Hall–Kier alpha value is -1.86. The second-order valence-electron chi connectivity index (χ2n) is 4.40. The standard InChI is InChI=1S/C11H12F3N3O2/c12-11(13,14)7-2-1-5-17(6-7)9-8(10(18)19)3-4-15-16-9/h3-4,7H,1-2,5-6H2,(H,18,19). The molecule has 1 atom stereocenters. The van der Waals surface area contributed by atoms with Gasteiger partial charge in [0, 0.05) is 13.1 Å². The molecule has 1 aromatic rings. The van der Waals surface area contributed by atoms with E-state index in [0.29, 0.717) is 13.0 Å². The van der Waals surface area contributed by atoms with E-state index < -0.39 is 18.1 Å². The third-order valence-electron chi connectivity index (χ3n) is 3.12. The SMILES string of the molecule is O=C(O)c1ccnnc1N1CCCC(C(F)(F)F)C1. The molecule has 0 aliphatic carbocycles. The summed E-state index contributed by atoms with van der Waals surface area (Å²) in [6, 6.07) is 1.24. The van der Waals surface area contributed by atoms with Crippen molar-refractivity contribution in [3.8, 4) is 0 Å². The van der Waals surface area contributed by atoms with Crippen LogP contribution in [0, 0.1) is 5.92 Å². The molecule has 0 aromatic carbocycles. The molecule has 0 spiro atoms. The number of carboxylic acid groups (broad SMARTS) is 1. The summed E-state index contributed by atoms with van der Waals surface area (Å²) in [6.45, 7) is 0.0774. The fourth-order valence-electron chi connectivity index (χ4n) is 2.16. The van der Waals surface area contributed by atoms with Crippen molar-refractivity contribution in [2.75, 3.05) is 18.0 Å². The van der Waals surface area contributed by atoms with Crippen LogP contribution in [-0.4, -0.2) is 40.5 Å². The lowest BCUT2D eigenvalue weighted by Gasteiger charge is -2.34. The highest BCUT2D eigenvalue weighted by Gasteiger charge is 2.42. The van der Waals surface area contributed by atoms with Gasteiger partial charge in [-0.05, 0) is 18.9 Å². The van der Waals surface area contributed by atoms with Crippen LogP contribution in [0.4, 0.5) is 19.0 Å². The molecule has 0 amide bonds. The second-order valence-corrected chi connectivity index (χ2v) is 4.40. The highest BCUT2D eigenvalue weighted by atomic mass is 19.4. The molecule has 104 valence electrons. The van der Waals surface area contributed by atoms with Crippen molar-refractivity contribution in [1.82, 2.24) is 10.2 Å². The van der Waals surface area contributed by atoms with Crippen LogP contribution in [0.2, 0.25) is 0 Å². The predicted molar refractivity (Wildman–Crippen MR) is 60.0 cm³/mol. The van der Waals surface area contributed by atoms with Gasteiger partial charge in [0.2, 0.25) is 0 Å². The fraction of sp³-hybridized carbons (Fsp3) is 0.545. The number of aromatic nitrogens is 2. The molecule has 1 unspecified atom stereocenters. The van der Waals surface area contributed by atoms with E-state index in [4.69, 9.17) is 5.11 Å². The number of alkyl halides is 3. The number of carbonyl (C=O) groups is 1. The van der Waals surface area contributed by atoms with Crippen molar-refractivity contribution in [3.05, 3.63) is 17.8 Å². The Balaban J connectivity index is 2.25. The number of carboxylic acids is 1. The van der Waals surface area contributed by atoms with Gasteiger partial charge in [-0.25, -0.2) is 4.79 Å². The van der Waals surface area contributed by atoms with Crippen molar-refractivity contribution >= 4 is 11.8 Å². The Bertz CT molecular complexity index is 478. The summed E-state index contributed by atoms with van der Waals surface area (Å²) in [5.41, 5.74) is -0.127. The van der Waals surface area contributed by atoms with Gasteiger partial charge in [-0.15, -0.1) is 5.10 Å². The van der Waals surface area contributed by atoms with Crippen molar-refractivity contribution in [2.45, 2.75) is 19.0 Å². The van der Waals surface area contributed by atoms with Gasteiger partial charge in [-0.3, -0.25) is 0 Å². The van der Waals surface area contributed by atoms with E-state index in [1.165, 1.54) is 17.2 Å². The average molecular weight is 275 g/mol. The minimum atomic E-state index is -4.27. The van der Waals surface area contributed by atoms with Crippen molar-refractivity contribution in [3.63, 3.8) is 0 Å². The van der Waals surface area contributed by atoms with Gasteiger partial charge < -0.3 is 10.0 Å². The van der Waals surface area contributed by atoms with Gasteiger partial charge >= 0.3 is 12.1 Å². The quantitative estimate of drug-likeness (QED) is 0.893. The van der Waals surface area contributed by atoms with E-state index in [-0.39, 0.29) is 24.3 Å². The first kappa shape index (κ1) is 13.6. The molecule has 1 N–H and O–H groups in total. The number of piperidine rings is 1. The number of halogens is 3. The van der Waals surface area contributed by atoms with Crippen molar-refractivity contribution < 1.29 is 23.1 Å². The molecule has 0 bridgehead atoms. The van der Waals surface area contributed by atoms with Crippen molar-refractivity contribution in [1.29, 1.82) is 0 Å². The van der Waals surface area contributed by atoms with Crippen molar-refractivity contribution in [2.24, 2.45) is 5.92 Å². The maximum Gasteiger partial charge on any atom is 0.393 e. The minimum Gasteiger partial charge on any atom is -0.478 e. The van der Waals surface area contributed by atoms with Crippen LogP contribution in [-0.2, 0) is 0 Å². The van der Waals surface area contributed by atoms with Crippen LogP contribution in [0.1, 0.15) is 23.2 Å². The first-order chi connectivity index (χ1) is 8.89. The molecule has 1 fully saturated rings. The normalized spacial score (nSPS) is 20.4. The van der Waals surface area contributed by atoms with E-state index in [0.717, 1.165) is 0 Å². The smallest absolute Gasteiger partial charge is 0.393 e. The Morgan fingerprint density at radius 2 is 2.21 bits per heavy atom. The lowest BCUT2D eigenvalue weighted by molar-refractivity contribution is -0.176. The number of hydrogen-bond donors (Lipinski definition) is 1. The monoisotopic (exact) mass is 275 g/mol. The van der Waals surface area contributed by atoms with E-state index in [2.05, 4.69) is 10.2 Å².